The third-order valence-electron chi connectivity index (χ3n) is 2.93. The van der Waals surface area contributed by atoms with Gasteiger partial charge in [0.05, 0.1) is 0 Å². The van der Waals surface area contributed by atoms with E-state index in [1.54, 1.807) is 18.3 Å². The Bertz CT molecular complexity index is 725. The van der Waals surface area contributed by atoms with Gasteiger partial charge in [0.1, 0.15) is 11.5 Å². The highest BCUT2D eigenvalue weighted by atomic mass is 19.1. The summed E-state index contributed by atoms with van der Waals surface area (Å²) in [7, 11) is 0. The van der Waals surface area contributed by atoms with E-state index in [2.05, 4.69) is 15.1 Å². The molecule has 0 N–H and O–H groups in total. The van der Waals surface area contributed by atoms with Crippen LogP contribution in [0.15, 0.2) is 47.1 Å². The Balaban J connectivity index is 2.00. The molecule has 0 fully saturated rings. The maximum atomic E-state index is 13.5. The number of hydrogen-bond acceptors (Lipinski definition) is 4. The van der Waals surface area contributed by atoms with Crippen LogP contribution in [0.4, 0.5) is 4.39 Å². The van der Waals surface area contributed by atoms with Gasteiger partial charge in [-0.1, -0.05) is 18.1 Å². The zero-order valence-electron chi connectivity index (χ0n) is 10.9. The smallest absolute Gasteiger partial charge is 0.276 e. The molecule has 100 valence electrons. The second-order valence-corrected chi connectivity index (χ2v) is 4.34. The van der Waals surface area contributed by atoms with Gasteiger partial charge in [-0.25, -0.2) is 4.39 Å². The lowest BCUT2D eigenvalue weighted by atomic mass is 10.1. The Kier molecular flexibility index (Phi) is 3.25. The summed E-state index contributed by atoms with van der Waals surface area (Å²) in [5.41, 5.74) is 2.09. The van der Waals surface area contributed by atoms with Gasteiger partial charge >= 0.3 is 0 Å². The fourth-order valence-corrected chi connectivity index (χ4v) is 1.92. The second kappa shape index (κ2) is 5.21. The van der Waals surface area contributed by atoms with E-state index >= 15 is 0 Å². The van der Waals surface area contributed by atoms with Crippen molar-refractivity contribution in [2.75, 3.05) is 0 Å². The number of rotatable bonds is 3. The average Bonchev–Trinajstić information content (AvgIpc) is 2.97. The van der Waals surface area contributed by atoms with Crippen molar-refractivity contribution in [2.45, 2.75) is 13.3 Å². The van der Waals surface area contributed by atoms with E-state index in [0.29, 0.717) is 23.0 Å². The van der Waals surface area contributed by atoms with Crippen molar-refractivity contribution >= 4 is 0 Å². The van der Waals surface area contributed by atoms with Crippen molar-refractivity contribution < 1.29 is 8.91 Å². The average molecular weight is 269 g/mol. The Morgan fingerprint density at radius 1 is 1.20 bits per heavy atom. The molecule has 3 aromatic rings. The van der Waals surface area contributed by atoms with Gasteiger partial charge in [0.15, 0.2) is 0 Å². The van der Waals surface area contributed by atoms with Crippen LogP contribution in [0.25, 0.3) is 23.0 Å². The fourth-order valence-electron chi connectivity index (χ4n) is 1.92. The zero-order valence-corrected chi connectivity index (χ0v) is 10.9. The van der Waals surface area contributed by atoms with E-state index in [1.807, 2.05) is 19.1 Å². The van der Waals surface area contributed by atoms with E-state index in [1.165, 1.54) is 12.1 Å². The van der Waals surface area contributed by atoms with Gasteiger partial charge in [-0.2, -0.15) is 4.98 Å². The van der Waals surface area contributed by atoms with E-state index < -0.39 is 0 Å². The minimum atomic E-state index is -0.302. The monoisotopic (exact) mass is 269 g/mol. The van der Waals surface area contributed by atoms with Gasteiger partial charge in [0.25, 0.3) is 5.89 Å². The number of hydrogen-bond donors (Lipinski definition) is 0. The first-order valence-electron chi connectivity index (χ1n) is 6.31. The summed E-state index contributed by atoms with van der Waals surface area (Å²) < 4.78 is 18.7. The predicted molar refractivity (Wildman–Crippen MR) is 72.3 cm³/mol. The molecule has 0 aliphatic carbocycles. The van der Waals surface area contributed by atoms with Crippen molar-refractivity contribution in [3.05, 3.63) is 54.0 Å². The van der Waals surface area contributed by atoms with Crippen LogP contribution in [0, 0.1) is 5.82 Å². The predicted octanol–water partition coefficient (Wildman–Crippen LogP) is 3.50. The Morgan fingerprint density at radius 3 is 2.85 bits per heavy atom. The maximum absolute atomic E-state index is 13.5. The van der Waals surface area contributed by atoms with Crippen LogP contribution in [0.2, 0.25) is 0 Å². The first kappa shape index (κ1) is 12.5. The molecule has 0 aliphatic rings. The van der Waals surface area contributed by atoms with Gasteiger partial charge in [0.2, 0.25) is 5.82 Å². The highest BCUT2D eigenvalue weighted by Gasteiger charge is 2.12. The van der Waals surface area contributed by atoms with Crippen molar-refractivity contribution in [3.8, 4) is 23.0 Å². The van der Waals surface area contributed by atoms with Crippen LogP contribution >= 0.6 is 0 Å². The molecule has 0 radical (unpaired) electrons. The third kappa shape index (κ3) is 2.42. The molecule has 0 bridgehead atoms. The molecule has 0 atom stereocenters. The van der Waals surface area contributed by atoms with E-state index in [0.717, 1.165) is 12.0 Å². The van der Waals surface area contributed by atoms with Gasteiger partial charge in [-0.3, -0.25) is 4.98 Å². The molecule has 20 heavy (non-hydrogen) atoms. The highest BCUT2D eigenvalue weighted by molar-refractivity contribution is 5.58. The summed E-state index contributed by atoms with van der Waals surface area (Å²) >= 11 is 0. The van der Waals surface area contributed by atoms with Gasteiger partial charge < -0.3 is 4.52 Å². The molecule has 3 rings (SSSR count). The lowest BCUT2D eigenvalue weighted by Gasteiger charge is -2.00. The van der Waals surface area contributed by atoms with Gasteiger partial charge in [0, 0.05) is 11.8 Å². The third-order valence-corrected chi connectivity index (χ3v) is 2.93. The molecule has 5 heteroatoms. The Morgan fingerprint density at radius 2 is 2.10 bits per heavy atom. The first-order valence-corrected chi connectivity index (χ1v) is 6.31. The van der Waals surface area contributed by atoms with Crippen LogP contribution in [-0.2, 0) is 6.42 Å². The fraction of sp³-hybridized carbons (Fsp3) is 0.133. The molecule has 2 aromatic heterocycles. The molecular weight excluding hydrogens is 257 g/mol. The van der Waals surface area contributed by atoms with Gasteiger partial charge in [-0.15, -0.1) is 0 Å². The minimum absolute atomic E-state index is 0.302. The SMILES string of the molecule is CCc1cc(F)cc(-c2noc(-c3ccccn3)n2)c1. The zero-order chi connectivity index (χ0) is 13.9. The van der Waals surface area contributed by atoms with Crippen LogP contribution in [0.3, 0.4) is 0 Å². The van der Waals surface area contributed by atoms with E-state index in [-0.39, 0.29) is 5.82 Å². The van der Waals surface area contributed by atoms with Gasteiger partial charge in [-0.05, 0) is 42.3 Å². The minimum Gasteiger partial charge on any atom is -0.332 e. The van der Waals surface area contributed by atoms with Crippen LogP contribution in [-0.4, -0.2) is 15.1 Å². The highest BCUT2D eigenvalue weighted by Crippen LogP contribution is 2.22. The van der Waals surface area contributed by atoms with Crippen molar-refractivity contribution in [1.82, 2.24) is 15.1 Å². The summed E-state index contributed by atoms with van der Waals surface area (Å²) in [5.74, 6) is 0.381. The summed E-state index contributed by atoms with van der Waals surface area (Å²) in [5, 5.41) is 3.89. The number of aryl methyl sites for hydroxylation is 1. The molecular formula is C15H12FN3O. The molecule has 1 aromatic carbocycles. The summed E-state index contributed by atoms with van der Waals surface area (Å²) in [6, 6.07) is 10.2. The quantitative estimate of drug-likeness (QED) is 0.730. The number of pyridine rings is 1. The summed E-state index contributed by atoms with van der Waals surface area (Å²) in [6.07, 6.45) is 2.40. The molecule has 0 amide bonds. The molecule has 0 saturated carbocycles. The summed E-state index contributed by atoms with van der Waals surface area (Å²) in [6.45, 7) is 1.97. The molecule has 0 unspecified atom stereocenters. The van der Waals surface area contributed by atoms with E-state index in [4.69, 9.17) is 4.52 Å². The molecule has 2 heterocycles. The lowest BCUT2D eigenvalue weighted by Crippen LogP contribution is -1.88. The number of benzene rings is 1. The van der Waals surface area contributed by atoms with Crippen LogP contribution < -0.4 is 0 Å². The van der Waals surface area contributed by atoms with Crippen molar-refractivity contribution in [2.24, 2.45) is 0 Å². The van der Waals surface area contributed by atoms with Crippen molar-refractivity contribution in [1.29, 1.82) is 0 Å². The molecule has 0 spiro atoms. The maximum Gasteiger partial charge on any atom is 0.276 e. The standard InChI is InChI=1S/C15H12FN3O/c1-2-10-7-11(9-12(16)8-10)14-18-15(20-19-14)13-5-3-4-6-17-13/h3-9H,2H2,1H3. The van der Waals surface area contributed by atoms with Crippen LogP contribution in [0.5, 0.6) is 0 Å². The number of nitrogens with zero attached hydrogens (tertiary/aromatic N) is 3. The summed E-state index contributed by atoms with van der Waals surface area (Å²) in [4.78, 5) is 8.40. The first-order chi connectivity index (χ1) is 9.76. The molecule has 0 aliphatic heterocycles. The second-order valence-electron chi connectivity index (χ2n) is 4.34. The topological polar surface area (TPSA) is 51.8 Å². The normalized spacial score (nSPS) is 10.7. The molecule has 0 saturated heterocycles. The Labute approximate surface area is 115 Å². The Hall–Kier alpha value is -2.56. The van der Waals surface area contributed by atoms with Crippen molar-refractivity contribution in [3.63, 3.8) is 0 Å². The molecule has 4 nitrogen and oxygen atoms in total. The van der Waals surface area contributed by atoms with Crippen LogP contribution in [0.1, 0.15) is 12.5 Å². The lowest BCUT2D eigenvalue weighted by molar-refractivity contribution is 0.431. The largest absolute Gasteiger partial charge is 0.332 e. The number of halogens is 1. The van der Waals surface area contributed by atoms with E-state index in [9.17, 15) is 4.39 Å². The number of aromatic nitrogens is 3.